The summed E-state index contributed by atoms with van der Waals surface area (Å²) >= 11 is 0. The van der Waals surface area contributed by atoms with Crippen molar-refractivity contribution in [1.82, 2.24) is 4.90 Å². The second-order valence-electron chi connectivity index (χ2n) is 4.33. The van der Waals surface area contributed by atoms with Crippen LogP contribution in [0.1, 0.15) is 41.0 Å². The van der Waals surface area contributed by atoms with Gasteiger partial charge in [0, 0.05) is 6.54 Å². The molecule has 16 heavy (non-hydrogen) atoms. The minimum Gasteiger partial charge on any atom is -0.449 e. The number of amides is 2. The fraction of sp³-hybridized carbons (Fsp3) is 0.818. The maximum Gasteiger partial charge on any atom is 0.419 e. The van der Waals surface area contributed by atoms with Gasteiger partial charge in [0.2, 0.25) is 0 Å². The van der Waals surface area contributed by atoms with Crippen LogP contribution in [0.2, 0.25) is 0 Å². The van der Waals surface area contributed by atoms with E-state index in [-0.39, 0.29) is 6.61 Å². The van der Waals surface area contributed by atoms with Crippen LogP contribution in [0.3, 0.4) is 0 Å². The minimum absolute atomic E-state index is 0.238. The quantitative estimate of drug-likeness (QED) is 0.749. The van der Waals surface area contributed by atoms with Crippen molar-refractivity contribution < 1.29 is 19.1 Å². The lowest BCUT2D eigenvalue weighted by molar-refractivity contribution is 0.0226. The first-order chi connectivity index (χ1) is 7.31. The monoisotopic (exact) mass is 231 g/mol. The highest BCUT2D eigenvalue weighted by atomic mass is 16.6. The molecular formula is C11H21NO4. The van der Waals surface area contributed by atoms with E-state index < -0.39 is 17.8 Å². The van der Waals surface area contributed by atoms with Gasteiger partial charge in [0.15, 0.2) is 0 Å². The van der Waals surface area contributed by atoms with Crippen LogP contribution in [-0.4, -0.2) is 35.8 Å². The SMILES string of the molecule is CCCN(C(=O)OCC)C(=O)OC(C)(C)C. The van der Waals surface area contributed by atoms with E-state index in [1.54, 1.807) is 27.7 Å². The van der Waals surface area contributed by atoms with Gasteiger partial charge in [-0.2, -0.15) is 0 Å². The molecule has 5 heteroatoms. The van der Waals surface area contributed by atoms with E-state index in [0.717, 1.165) is 4.90 Å². The molecule has 0 heterocycles. The molecule has 0 atom stereocenters. The highest BCUT2D eigenvalue weighted by Crippen LogP contribution is 2.11. The second kappa shape index (κ2) is 6.35. The van der Waals surface area contributed by atoms with Crippen LogP contribution in [0.25, 0.3) is 0 Å². The summed E-state index contributed by atoms with van der Waals surface area (Å²) in [6.45, 7) is 9.35. The maximum atomic E-state index is 11.7. The summed E-state index contributed by atoms with van der Waals surface area (Å²) in [5.41, 5.74) is -0.616. The van der Waals surface area contributed by atoms with Gasteiger partial charge in [-0.1, -0.05) is 6.92 Å². The van der Waals surface area contributed by atoms with Crippen molar-refractivity contribution >= 4 is 12.2 Å². The zero-order valence-corrected chi connectivity index (χ0v) is 10.7. The number of rotatable bonds is 3. The highest BCUT2D eigenvalue weighted by Gasteiger charge is 2.27. The van der Waals surface area contributed by atoms with Crippen LogP contribution in [0, 0.1) is 0 Å². The van der Waals surface area contributed by atoms with Crippen LogP contribution in [0.5, 0.6) is 0 Å². The van der Waals surface area contributed by atoms with Gasteiger partial charge in [0.1, 0.15) is 5.60 Å². The molecule has 0 aromatic heterocycles. The largest absolute Gasteiger partial charge is 0.449 e. The van der Waals surface area contributed by atoms with E-state index in [4.69, 9.17) is 9.47 Å². The van der Waals surface area contributed by atoms with Gasteiger partial charge in [-0.25, -0.2) is 14.5 Å². The van der Waals surface area contributed by atoms with Crippen LogP contribution in [0.4, 0.5) is 9.59 Å². The molecule has 0 saturated heterocycles. The Hall–Kier alpha value is -1.26. The summed E-state index contributed by atoms with van der Waals surface area (Å²) in [6, 6.07) is 0. The average molecular weight is 231 g/mol. The Morgan fingerprint density at radius 1 is 1.12 bits per heavy atom. The highest BCUT2D eigenvalue weighted by molar-refractivity contribution is 5.87. The zero-order valence-electron chi connectivity index (χ0n) is 10.7. The molecule has 5 nitrogen and oxygen atoms in total. The first kappa shape index (κ1) is 14.7. The molecule has 0 aromatic carbocycles. The van der Waals surface area contributed by atoms with E-state index in [1.165, 1.54) is 0 Å². The Labute approximate surface area is 96.7 Å². The third-order valence-electron chi connectivity index (χ3n) is 1.55. The van der Waals surface area contributed by atoms with Gasteiger partial charge < -0.3 is 9.47 Å². The van der Waals surface area contributed by atoms with Crippen molar-refractivity contribution in [3.63, 3.8) is 0 Å². The van der Waals surface area contributed by atoms with Gasteiger partial charge in [0.05, 0.1) is 6.61 Å². The molecule has 0 aromatic rings. The molecule has 0 fully saturated rings. The Bertz CT molecular complexity index is 245. The summed E-state index contributed by atoms with van der Waals surface area (Å²) in [5.74, 6) is 0. The number of carbonyl (C=O) groups excluding carboxylic acids is 2. The zero-order chi connectivity index (χ0) is 12.8. The first-order valence-electron chi connectivity index (χ1n) is 5.49. The standard InChI is InChI=1S/C11H21NO4/c1-6-8-12(9(13)15-7-2)10(14)16-11(3,4)5/h6-8H2,1-5H3. The van der Waals surface area contributed by atoms with E-state index in [0.29, 0.717) is 13.0 Å². The summed E-state index contributed by atoms with van der Waals surface area (Å²) in [6.07, 6.45) is -0.649. The van der Waals surface area contributed by atoms with Gasteiger partial charge in [0.25, 0.3) is 0 Å². The van der Waals surface area contributed by atoms with E-state index in [1.807, 2.05) is 6.92 Å². The van der Waals surface area contributed by atoms with Gasteiger partial charge in [-0.15, -0.1) is 0 Å². The third kappa shape index (κ3) is 5.58. The molecule has 0 bridgehead atoms. The summed E-state index contributed by atoms with van der Waals surface area (Å²) in [5, 5.41) is 0. The molecule has 0 aliphatic heterocycles. The number of hydrogen-bond donors (Lipinski definition) is 0. The third-order valence-corrected chi connectivity index (χ3v) is 1.55. The number of nitrogens with zero attached hydrogens (tertiary/aromatic N) is 1. The lowest BCUT2D eigenvalue weighted by atomic mass is 10.2. The van der Waals surface area contributed by atoms with Crippen molar-refractivity contribution in [1.29, 1.82) is 0 Å². The smallest absolute Gasteiger partial charge is 0.419 e. The number of ether oxygens (including phenoxy) is 2. The fourth-order valence-corrected chi connectivity index (χ4v) is 0.999. The second-order valence-corrected chi connectivity index (χ2v) is 4.33. The van der Waals surface area contributed by atoms with Crippen molar-refractivity contribution in [3.05, 3.63) is 0 Å². The molecular weight excluding hydrogens is 210 g/mol. The average Bonchev–Trinajstić information content (AvgIpc) is 2.11. The molecule has 0 aliphatic carbocycles. The van der Waals surface area contributed by atoms with Gasteiger partial charge in [-0.3, -0.25) is 0 Å². The first-order valence-corrected chi connectivity index (χ1v) is 5.49. The molecule has 2 amide bonds. The van der Waals surface area contributed by atoms with Crippen molar-refractivity contribution in [3.8, 4) is 0 Å². The van der Waals surface area contributed by atoms with Gasteiger partial charge >= 0.3 is 12.2 Å². The fourth-order valence-electron chi connectivity index (χ4n) is 0.999. The van der Waals surface area contributed by atoms with E-state index in [2.05, 4.69) is 0 Å². The van der Waals surface area contributed by atoms with Crippen LogP contribution >= 0.6 is 0 Å². The molecule has 0 aliphatic rings. The van der Waals surface area contributed by atoms with Crippen LogP contribution in [0.15, 0.2) is 0 Å². The predicted molar refractivity (Wildman–Crippen MR) is 60.3 cm³/mol. The van der Waals surface area contributed by atoms with Crippen molar-refractivity contribution in [2.24, 2.45) is 0 Å². The molecule has 0 radical (unpaired) electrons. The summed E-state index contributed by atoms with van der Waals surface area (Å²) in [7, 11) is 0. The van der Waals surface area contributed by atoms with E-state index >= 15 is 0 Å². The lowest BCUT2D eigenvalue weighted by Gasteiger charge is -2.25. The van der Waals surface area contributed by atoms with Crippen LogP contribution in [-0.2, 0) is 9.47 Å². The molecule has 0 spiro atoms. The van der Waals surface area contributed by atoms with E-state index in [9.17, 15) is 9.59 Å². The minimum atomic E-state index is -0.659. The number of hydrogen-bond acceptors (Lipinski definition) is 4. The number of carbonyl (C=O) groups is 2. The lowest BCUT2D eigenvalue weighted by Crippen LogP contribution is -2.41. The Morgan fingerprint density at radius 2 is 1.69 bits per heavy atom. The normalized spacial score (nSPS) is 10.8. The van der Waals surface area contributed by atoms with Crippen molar-refractivity contribution in [2.45, 2.75) is 46.6 Å². The Morgan fingerprint density at radius 3 is 2.06 bits per heavy atom. The molecule has 0 N–H and O–H groups in total. The Balaban J connectivity index is 4.52. The molecule has 94 valence electrons. The Kier molecular flexibility index (Phi) is 5.85. The summed E-state index contributed by atoms with van der Waals surface area (Å²) in [4.78, 5) is 24.1. The predicted octanol–water partition coefficient (Wildman–Crippen LogP) is 2.79. The van der Waals surface area contributed by atoms with Gasteiger partial charge in [-0.05, 0) is 34.1 Å². The maximum absolute atomic E-state index is 11.7. The number of imide groups is 1. The van der Waals surface area contributed by atoms with Crippen LogP contribution < -0.4 is 0 Å². The molecule has 0 rings (SSSR count). The summed E-state index contributed by atoms with van der Waals surface area (Å²) < 4.78 is 9.88. The molecule has 0 unspecified atom stereocenters. The molecule has 0 saturated carbocycles. The topological polar surface area (TPSA) is 55.8 Å². The van der Waals surface area contributed by atoms with Crippen molar-refractivity contribution in [2.75, 3.05) is 13.2 Å².